The Hall–Kier alpha value is -1.43. The summed E-state index contributed by atoms with van der Waals surface area (Å²) >= 11 is 2.90. The minimum atomic E-state index is -2.30. The second-order valence-corrected chi connectivity index (χ2v) is 3.62. The Kier molecular flexibility index (Phi) is 7.55. The van der Waals surface area contributed by atoms with Crippen LogP contribution in [0.15, 0.2) is 11.6 Å². The molecule has 0 N–H and O–H groups in total. The van der Waals surface area contributed by atoms with Gasteiger partial charge in [0.1, 0.15) is 11.6 Å². The van der Waals surface area contributed by atoms with E-state index >= 15 is 0 Å². The van der Waals surface area contributed by atoms with Gasteiger partial charge in [-0.25, -0.2) is 9.10 Å². The zero-order chi connectivity index (χ0) is 10.4. The van der Waals surface area contributed by atoms with Gasteiger partial charge >= 0.3 is 5.97 Å². The number of halogens is 1. The molecule has 0 aromatic heterocycles. The van der Waals surface area contributed by atoms with Crippen molar-refractivity contribution >= 4 is 28.8 Å². The topological polar surface area (TPSA) is 69.7 Å². The molecule has 0 amide bonds. The molecule has 0 aliphatic heterocycles. The van der Waals surface area contributed by atoms with Crippen LogP contribution in [0.5, 0.6) is 0 Å². The van der Waals surface area contributed by atoms with E-state index < -0.39 is 17.2 Å². The van der Waals surface area contributed by atoms with Gasteiger partial charge in [-0.05, 0) is 7.05 Å². The first-order valence-corrected chi connectivity index (χ1v) is 4.68. The van der Waals surface area contributed by atoms with Gasteiger partial charge in [0.25, 0.3) is 0 Å². The second kappa shape index (κ2) is 7.02. The van der Waals surface area contributed by atoms with E-state index in [1.807, 2.05) is 0 Å². The molecule has 1 unspecified atom stereocenters. The zero-order valence-electron chi connectivity index (χ0n) is 7.69. The predicted octanol–water partition coefficient (Wildman–Crippen LogP) is 0.00800. The molecule has 0 spiro atoms. The van der Waals surface area contributed by atoms with Crippen LogP contribution < -0.4 is 0 Å². The van der Waals surface area contributed by atoms with Gasteiger partial charge < -0.3 is 9.29 Å². The largest absolute Gasteiger partial charge is 0.760 e. The fraction of sp³-hybridized carbons (Fsp3) is 0.500. The summed E-state index contributed by atoms with van der Waals surface area (Å²) in [7, 11) is 1.35. The summed E-state index contributed by atoms with van der Waals surface area (Å²) in [5, 5.41) is -0.231. The molecule has 0 saturated heterocycles. The van der Waals surface area contributed by atoms with Crippen LogP contribution >= 0.6 is 11.6 Å². The Morgan fingerprint density at radius 2 is 2.21 bits per heavy atom. The van der Waals surface area contributed by atoms with E-state index in [1.165, 1.54) is 7.05 Å². The van der Waals surface area contributed by atoms with Crippen molar-refractivity contribution in [3.63, 3.8) is 0 Å². The van der Waals surface area contributed by atoms with Crippen LogP contribution in [0.3, 0.4) is 0 Å². The van der Waals surface area contributed by atoms with E-state index in [2.05, 4.69) is 11.3 Å². The van der Waals surface area contributed by atoms with E-state index in [4.69, 9.17) is 11.6 Å². The van der Waals surface area contributed by atoms with Gasteiger partial charge in [0.05, 0.1) is 0 Å². The van der Waals surface area contributed by atoms with Gasteiger partial charge in [0.15, 0.2) is 0 Å². The monoisotopic (exact) mass is 493 g/mol. The number of hydrogen-bond acceptors (Lipinski definition) is 4. The van der Waals surface area contributed by atoms with Gasteiger partial charge in [0, 0.05) is 17.8 Å². The van der Waals surface area contributed by atoms with E-state index in [0.29, 0.717) is 0 Å². The van der Waals surface area contributed by atoms with Crippen LogP contribution in [0.25, 0.3) is 0 Å². The van der Waals surface area contributed by atoms with E-state index in [0.717, 1.165) is 4.31 Å². The first-order valence-electron chi connectivity index (χ1n) is 3.27. The van der Waals surface area contributed by atoms with E-state index in [-0.39, 0.29) is 18.2 Å². The van der Waals surface area contributed by atoms with Gasteiger partial charge in [-0.3, -0.25) is 4.21 Å². The van der Waals surface area contributed by atoms with E-state index in [1.54, 1.807) is 0 Å². The average molecular weight is 494 g/mol. The fourth-order valence-electron chi connectivity index (χ4n) is 0.420. The van der Waals surface area contributed by atoms with Crippen molar-refractivity contribution < 1.29 is 18.3 Å². The van der Waals surface area contributed by atoms with Crippen molar-refractivity contribution in [3.8, 4) is 0 Å². The van der Waals surface area contributed by atoms with Crippen molar-refractivity contribution in [1.82, 2.24) is 4.31 Å². The van der Waals surface area contributed by atoms with Crippen molar-refractivity contribution in [2.24, 2.45) is 0 Å². The van der Waals surface area contributed by atoms with Crippen molar-refractivity contribution in [2.45, 2.75) is 0 Å². The molecule has 0 rings (SSSR count). The summed E-state index contributed by atoms with van der Waals surface area (Å²) < 4.78 is 26.0. The summed E-state index contributed by atoms with van der Waals surface area (Å²) in [5.41, 5.74) is 0. The Bertz CT molecular complexity index is 238. The summed E-state index contributed by atoms with van der Waals surface area (Å²) in [6.07, 6.45) is 0. The molecule has 0 heterocycles. The molecule has 5 nitrogen and oxygen atoms in total. The maximum atomic E-state index is 10.7. The third-order valence-electron chi connectivity index (χ3n) is 1.12. The van der Waals surface area contributed by atoms with Crippen molar-refractivity contribution in [3.05, 3.63) is 11.6 Å². The van der Waals surface area contributed by atoms with Gasteiger partial charge in [-0.1, -0.05) is 18.2 Å². The molecule has 8 heteroatoms. The molecule has 0 aromatic carbocycles. The molecule has 0 aliphatic carbocycles. The number of carbonyl (C=O) groups is 1. The summed E-state index contributed by atoms with van der Waals surface area (Å²) in [5.74, 6) is -0.744. The zero-order valence-corrected chi connectivity index (χ0v) is 15.7. The third kappa shape index (κ3) is 6.13. The maximum absolute atomic E-state index is 10.7. The number of ether oxygens (including phenoxy) is 1. The van der Waals surface area contributed by atoms with Crippen LogP contribution in [0.2, 0.25) is 0 Å². The SMILES string of the molecule is C=C(Cl)C(=O)OCCN(C)S(=O)[O-].[Rf]. The van der Waals surface area contributed by atoms with E-state index in [9.17, 15) is 13.6 Å². The molecule has 1 atom stereocenters. The standard InChI is InChI=1S/C6H10ClNO4S.Rf/c1-5(7)6(9)12-4-3-8(2)13(10)11;/h1,3-4H2,2H3,(H,10,11);/p-1. The molecular formula is C6H9ClNO4RfS-. The molecule has 0 radical (unpaired) electrons. The fourth-order valence-corrected chi connectivity index (χ4v) is 0.698. The van der Waals surface area contributed by atoms with Crippen LogP contribution in [0.1, 0.15) is 0 Å². The minimum absolute atomic E-state index is 0. The summed E-state index contributed by atoms with van der Waals surface area (Å²) in [4.78, 5) is 10.7. The van der Waals surface area contributed by atoms with Gasteiger partial charge in [-0.2, -0.15) is 0 Å². The average Bonchev–Trinajstić information content (AvgIpc) is 2.03. The molecule has 0 aliphatic rings. The summed E-state index contributed by atoms with van der Waals surface area (Å²) in [6.45, 7) is 3.19. The van der Waals surface area contributed by atoms with Crippen LogP contribution in [-0.4, -0.2) is 39.2 Å². The molecule has 0 bridgehead atoms. The molecule has 0 aromatic rings. The minimum Gasteiger partial charge on any atom is -0.760 e. The van der Waals surface area contributed by atoms with Crippen LogP contribution in [0, 0.1) is 0 Å². The van der Waals surface area contributed by atoms with Gasteiger partial charge in [0.2, 0.25) is 0 Å². The number of hydrogen-bond donors (Lipinski definition) is 0. The number of nitrogens with zero attached hydrogens (tertiary/aromatic N) is 1. The number of rotatable bonds is 5. The Labute approximate surface area is 83.7 Å². The maximum Gasteiger partial charge on any atom is 0.349 e. The second-order valence-electron chi connectivity index (χ2n) is 2.11. The molecule has 0 saturated carbocycles. The number of likely N-dealkylation sites (N-methyl/N-ethyl adjacent to an activating group) is 1. The quantitative estimate of drug-likeness (QED) is 0.307. The first-order chi connectivity index (χ1) is 5.95. The van der Waals surface area contributed by atoms with Crippen molar-refractivity contribution in [2.75, 3.05) is 20.2 Å². The number of carbonyl (C=O) groups excluding carboxylic acids is 1. The summed E-state index contributed by atoms with van der Waals surface area (Å²) in [6, 6.07) is 0. The molecule has 0 fully saturated rings. The Morgan fingerprint density at radius 1 is 1.71 bits per heavy atom. The smallest absolute Gasteiger partial charge is 0.349 e. The van der Waals surface area contributed by atoms with Crippen LogP contribution in [-0.2, 0) is 20.8 Å². The Balaban J connectivity index is 0. The molecule has 78 valence electrons. The van der Waals surface area contributed by atoms with Gasteiger partial charge in [-0.15, -0.1) is 0 Å². The third-order valence-corrected chi connectivity index (χ3v) is 1.96. The van der Waals surface area contributed by atoms with Crippen LogP contribution in [0.4, 0.5) is 0 Å². The normalized spacial score (nSPS) is 11.7. The molecule has 14 heavy (non-hydrogen) atoms. The Morgan fingerprint density at radius 3 is 2.57 bits per heavy atom. The molecular weight excluding hydrogens is 485 g/mol. The number of esters is 1. The predicted molar refractivity (Wildman–Crippen MR) is 47.5 cm³/mol. The van der Waals surface area contributed by atoms with Crippen molar-refractivity contribution in [1.29, 1.82) is 0 Å². The first kappa shape index (κ1) is 15.1.